The Morgan fingerprint density at radius 1 is 0.846 bits per heavy atom. The number of sulfonamides is 1. The van der Waals surface area contributed by atoms with Crippen molar-refractivity contribution in [2.45, 2.75) is 18.2 Å². The number of nitrogens with zero attached hydrogens (tertiary/aromatic N) is 1. The molecule has 0 saturated heterocycles. The van der Waals surface area contributed by atoms with Crippen LogP contribution in [0.4, 0.5) is 5.69 Å². The first-order valence-electron chi connectivity index (χ1n) is 11.9. The van der Waals surface area contributed by atoms with Crippen LogP contribution in [0.1, 0.15) is 31.8 Å². The summed E-state index contributed by atoms with van der Waals surface area (Å²) in [6.45, 7) is 1.24. The number of aryl methyl sites for hydroxylation is 1. The summed E-state index contributed by atoms with van der Waals surface area (Å²) in [5.74, 6) is -1.58. The van der Waals surface area contributed by atoms with Crippen LogP contribution >= 0.6 is 0 Å². The van der Waals surface area contributed by atoms with Crippen molar-refractivity contribution in [3.63, 3.8) is 0 Å². The molecule has 1 amide bonds. The number of amides is 1. The molecule has 0 aliphatic carbocycles. The second-order valence-corrected chi connectivity index (χ2v) is 10.5. The second-order valence-electron chi connectivity index (χ2n) is 8.54. The second kappa shape index (κ2) is 13.0. The van der Waals surface area contributed by atoms with Gasteiger partial charge in [0.25, 0.3) is 0 Å². The molecule has 0 spiro atoms. The number of methoxy groups -OCH3 is 3. The number of nitrogens with one attached hydrogen (secondary N) is 1. The summed E-state index contributed by atoms with van der Waals surface area (Å²) in [7, 11) is -0.230. The van der Waals surface area contributed by atoms with Gasteiger partial charge in [-0.05, 0) is 60.9 Å². The van der Waals surface area contributed by atoms with E-state index in [0.29, 0.717) is 17.7 Å². The molecule has 0 aromatic heterocycles. The van der Waals surface area contributed by atoms with Crippen molar-refractivity contribution in [1.29, 1.82) is 0 Å². The fourth-order valence-electron chi connectivity index (χ4n) is 3.87. The molecular formula is C28H30N2O8S. The van der Waals surface area contributed by atoms with Crippen LogP contribution in [0.3, 0.4) is 0 Å². The third-order valence-corrected chi connectivity index (χ3v) is 7.72. The van der Waals surface area contributed by atoms with Crippen molar-refractivity contribution in [3.8, 4) is 5.75 Å². The average molecular weight is 555 g/mol. The van der Waals surface area contributed by atoms with Gasteiger partial charge in [-0.15, -0.1) is 0 Å². The molecular weight excluding hydrogens is 524 g/mol. The predicted molar refractivity (Wildman–Crippen MR) is 144 cm³/mol. The Morgan fingerprint density at radius 2 is 1.46 bits per heavy atom. The molecule has 3 aromatic rings. The van der Waals surface area contributed by atoms with Gasteiger partial charge in [0.05, 0.1) is 43.9 Å². The summed E-state index contributed by atoms with van der Waals surface area (Å²) in [5, 5.41) is 2.58. The molecule has 0 aliphatic rings. The zero-order valence-electron chi connectivity index (χ0n) is 22.1. The molecule has 0 radical (unpaired) electrons. The maximum atomic E-state index is 13.6. The smallest absolute Gasteiger partial charge is 0.337 e. The molecule has 0 fully saturated rings. The highest BCUT2D eigenvalue weighted by molar-refractivity contribution is 7.89. The molecule has 0 unspecified atom stereocenters. The molecule has 3 rings (SSSR count). The molecule has 39 heavy (non-hydrogen) atoms. The lowest BCUT2D eigenvalue weighted by molar-refractivity contribution is -0.116. The third kappa shape index (κ3) is 7.43. The van der Waals surface area contributed by atoms with Crippen LogP contribution in [-0.4, -0.2) is 65.0 Å². The van der Waals surface area contributed by atoms with Gasteiger partial charge in [-0.1, -0.05) is 30.3 Å². The van der Waals surface area contributed by atoms with E-state index in [0.717, 1.165) is 9.87 Å². The summed E-state index contributed by atoms with van der Waals surface area (Å²) in [4.78, 5) is 37.3. The maximum Gasteiger partial charge on any atom is 0.337 e. The first kappa shape index (κ1) is 29.3. The lowest BCUT2D eigenvalue weighted by atomic mass is 10.1. The van der Waals surface area contributed by atoms with Crippen LogP contribution < -0.4 is 10.1 Å². The highest BCUT2D eigenvalue weighted by atomic mass is 32.2. The minimum Gasteiger partial charge on any atom is -0.496 e. The largest absolute Gasteiger partial charge is 0.496 e. The van der Waals surface area contributed by atoms with Crippen molar-refractivity contribution in [3.05, 3.63) is 89.0 Å². The number of benzene rings is 3. The lowest BCUT2D eigenvalue weighted by Crippen LogP contribution is -2.39. The molecule has 10 nitrogen and oxygen atoms in total. The third-order valence-electron chi connectivity index (χ3n) is 5.88. The number of carbonyl (C=O) groups is 3. The first-order chi connectivity index (χ1) is 18.6. The molecule has 3 aromatic carbocycles. The molecule has 11 heteroatoms. The summed E-state index contributed by atoms with van der Waals surface area (Å²) in [5.41, 5.74) is 1.65. The van der Waals surface area contributed by atoms with Gasteiger partial charge in [-0.3, -0.25) is 4.79 Å². The predicted octanol–water partition coefficient (Wildman–Crippen LogP) is 3.45. The summed E-state index contributed by atoms with van der Waals surface area (Å²) < 4.78 is 43.1. The van der Waals surface area contributed by atoms with Crippen molar-refractivity contribution in [2.24, 2.45) is 0 Å². The molecule has 0 bridgehead atoms. The van der Waals surface area contributed by atoms with Crippen LogP contribution in [0, 0.1) is 6.92 Å². The zero-order valence-corrected chi connectivity index (χ0v) is 22.9. The van der Waals surface area contributed by atoms with Gasteiger partial charge < -0.3 is 19.5 Å². The molecule has 0 heterocycles. The van der Waals surface area contributed by atoms with Gasteiger partial charge in [-0.2, -0.15) is 4.31 Å². The van der Waals surface area contributed by atoms with E-state index in [-0.39, 0.29) is 28.3 Å². The minimum atomic E-state index is -4.09. The van der Waals surface area contributed by atoms with Crippen LogP contribution in [0.5, 0.6) is 5.75 Å². The number of rotatable bonds is 11. The van der Waals surface area contributed by atoms with Gasteiger partial charge in [0.2, 0.25) is 15.9 Å². The van der Waals surface area contributed by atoms with Crippen LogP contribution in [-0.2, 0) is 30.7 Å². The molecule has 0 aliphatic heterocycles. The molecule has 0 atom stereocenters. The topological polar surface area (TPSA) is 128 Å². The Labute approximate surface area is 227 Å². The summed E-state index contributed by atoms with van der Waals surface area (Å²) in [6, 6.07) is 17.7. The van der Waals surface area contributed by atoms with E-state index in [9.17, 15) is 22.8 Å². The molecule has 206 valence electrons. The fraction of sp³-hybridized carbons (Fsp3) is 0.250. The Morgan fingerprint density at radius 3 is 2.00 bits per heavy atom. The first-order valence-corrected chi connectivity index (χ1v) is 13.3. The Balaban J connectivity index is 1.91. The van der Waals surface area contributed by atoms with Crippen molar-refractivity contribution < 1.29 is 37.0 Å². The highest BCUT2D eigenvalue weighted by Crippen LogP contribution is 2.24. The number of hydrogen-bond acceptors (Lipinski definition) is 8. The van der Waals surface area contributed by atoms with Gasteiger partial charge in [0.1, 0.15) is 5.75 Å². The van der Waals surface area contributed by atoms with Gasteiger partial charge >= 0.3 is 11.9 Å². The van der Waals surface area contributed by atoms with Crippen molar-refractivity contribution in [1.82, 2.24) is 4.31 Å². The van der Waals surface area contributed by atoms with E-state index >= 15 is 0 Å². The standard InChI is InChI=1S/C28H30N2O8S/c1-19-14-24(10-11-25(19)36-2)39(34,35)30(13-12-20-8-6-5-7-9-20)18-26(31)29-23-16-21(27(32)37-3)15-22(17-23)28(33)38-4/h5-11,14-17H,12-13,18H2,1-4H3,(H,29,31). The fourth-order valence-corrected chi connectivity index (χ4v) is 5.36. The number of ether oxygens (including phenoxy) is 3. The van der Waals surface area contributed by atoms with Crippen molar-refractivity contribution >= 4 is 33.6 Å². The van der Waals surface area contributed by atoms with E-state index in [2.05, 4.69) is 5.32 Å². The van der Waals surface area contributed by atoms with Crippen molar-refractivity contribution in [2.75, 3.05) is 39.7 Å². The van der Waals surface area contributed by atoms with Crippen LogP contribution in [0.2, 0.25) is 0 Å². The van der Waals surface area contributed by atoms with Crippen LogP contribution in [0.15, 0.2) is 71.6 Å². The van der Waals surface area contributed by atoms with E-state index in [1.54, 1.807) is 13.0 Å². The Bertz CT molecular complexity index is 1420. The maximum absolute atomic E-state index is 13.6. The summed E-state index contributed by atoms with van der Waals surface area (Å²) >= 11 is 0. The average Bonchev–Trinajstić information content (AvgIpc) is 2.94. The molecule has 0 saturated carbocycles. The number of esters is 2. The quantitative estimate of drug-likeness (QED) is 0.357. The molecule has 1 N–H and O–H groups in total. The number of carbonyl (C=O) groups excluding carboxylic acids is 3. The normalized spacial score (nSPS) is 11.1. The van der Waals surface area contributed by atoms with E-state index in [1.165, 1.54) is 51.7 Å². The minimum absolute atomic E-state index is 0.0120. The Hall–Kier alpha value is -4.22. The van der Waals surface area contributed by atoms with Gasteiger partial charge in [-0.25, -0.2) is 18.0 Å². The monoisotopic (exact) mass is 554 g/mol. The van der Waals surface area contributed by atoms with Gasteiger partial charge in [0, 0.05) is 12.2 Å². The lowest BCUT2D eigenvalue weighted by Gasteiger charge is -2.22. The van der Waals surface area contributed by atoms with E-state index in [4.69, 9.17) is 14.2 Å². The van der Waals surface area contributed by atoms with Crippen LogP contribution in [0.25, 0.3) is 0 Å². The zero-order chi connectivity index (χ0) is 28.6. The number of hydrogen-bond donors (Lipinski definition) is 1. The summed E-state index contributed by atoms with van der Waals surface area (Å²) in [6.07, 6.45) is 0.368. The number of anilines is 1. The van der Waals surface area contributed by atoms with Gasteiger partial charge in [0.15, 0.2) is 0 Å². The van der Waals surface area contributed by atoms with E-state index < -0.39 is 34.4 Å². The van der Waals surface area contributed by atoms with E-state index in [1.807, 2.05) is 30.3 Å². The Kier molecular flexibility index (Phi) is 9.80. The highest BCUT2D eigenvalue weighted by Gasteiger charge is 2.27. The SMILES string of the molecule is COC(=O)c1cc(NC(=O)CN(CCc2ccccc2)S(=O)(=O)c2ccc(OC)c(C)c2)cc(C(=O)OC)c1.